The highest BCUT2D eigenvalue weighted by atomic mass is 32.2. The molecule has 0 amide bonds. The fourth-order valence-electron chi connectivity index (χ4n) is 1.78. The minimum absolute atomic E-state index is 0.115. The molecule has 0 aromatic heterocycles. The molecule has 0 aliphatic carbocycles. The van der Waals surface area contributed by atoms with Crippen molar-refractivity contribution >= 4 is 32.3 Å². The molecule has 0 saturated carbocycles. The lowest BCUT2D eigenvalue weighted by molar-refractivity contribution is 0.449. The number of nitrogens with one attached hydrogen (secondary N) is 1. The number of hydrogen-bond donors (Lipinski definition) is 4. The second-order valence-corrected chi connectivity index (χ2v) is 4.93. The van der Waals surface area contributed by atoms with E-state index < -0.39 is 26.5 Å². The lowest BCUT2D eigenvalue weighted by atomic mass is 10.1. The molecule has 0 aliphatic heterocycles. The number of anilines is 1. The van der Waals surface area contributed by atoms with Crippen molar-refractivity contribution in [3.63, 3.8) is 0 Å². The number of aromatic hydroxyl groups is 1. The number of nitrogens with zero attached hydrogens (tertiary/aromatic N) is 1. The Labute approximate surface area is 102 Å². The summed E-state index contributed by atoms with van der Waals surface area (Å²) < 4.78 is 31.5. The normalized spacial score (nSPS) is 11.6. The van der Waals surface area contributed by atoms with Crippen LogP contribution < -0.4 is 5.73 Å². The van der Waals surface area contributed by atoms with Crippen molar-refractivity contribution in [1.29, 1.82) is 5.53 Å². The molecule has 94 valence electrons. The zero-order chi connectivity index (χ0) is 13.5. The van der Waals surface area contributed by atoms with Gasteiger partial charge in [-0.05, 0) is 0 Å². The van der Waals surface area contributed by atoms with Gasteiger partial charge >= 0.3 is 0 Å². The highest BCUT2D eigenvalue weighted by molar-refractivity contribution is 7.86. The van der Waals surface area contributed by atoms with Gasteiger partial charge in [-0.15, -0.1) is 0 Å². The molecule has 0 radical (unpaired) electrons. The lowest BCUT2D eigenvalue weighted by Gasteiger charge is -2.11. The first-order valence-corrected chi connectivity index (χ1v) is 6.20. The van der Waals surface area contributed by atoms with Crippen LogP contribution in [0.15, 0.2) is 34.3 Å². The third kappa shape index (κ3) is 1.67. The summed E-state index contributed by atoms with van der Waals surface area (Å²) in [5.74, 6) is -0.655. The number of fused-ring (bicyclic) bond motifs is 1. The molecular formula is C10H9N3O4S. The van der Waals surface area contributed by atoms with E-state index in [9.17, 15) is 13.5 Å². The Morgan fingerprint density at radius 3 is 2.28 bits per heavy atom. The number of benzene rings is 2. The van der Waals surface area contributed by atoms with Gasteiger partial charge in [0.15, 0.2) is 4.90 Å². The molecule has 0 spiro atoms. The van der Waals surface area contributed by atoms with Crippen LogP contribution in [0.2, 0.25) is 0 Å². The molecule has 0 atom stereocenters. The Bertz CT molecular complexity index is 755. The molecule has 0 bridgehead atoms. The van der Waals surface area contributed by atoms with Gasteiger partial charge in [0, 0.05) is 10.8 Å². The van der Waals surface area contributed by atoms with Crippen LogP contribution in [0.3, 0.4) is 0 Å². The predicted octanol–water partition coefficient (Wildman–Crippen LogP) is 2.04. The summed E-state index contributed by atoms with van der Waals surface area (Å²) in [6, 6.07) is 6.17. The highest BCUT2D eigenvalue weighted by Crippen LogP contribution is 2.44. The molecule has 2 aromatic carbocycles. The Kier molecular flexibility index (Phi) is 2.68. The van der Waals surface area contributed by atoms with Crippen molar-refractivity contribution in [3.05, 3.63) is 24.3 Å². The van der Waals surface area contributed by atoms with Gasteiger partial charge in [0.1, 0.15) is 11.4 Å². The number of nitrogens with two attached hydrogens (primary N) is 1. The quantitative estimate of drug-likeness (QED) is 0.375. The Hall–Kier alpha value is -2.19. The second kappa shape index (κ2) is 3.93. The van der Waals surface area contributed by atoms with E-state index in [0.29, 0.717) is 5.39 Å². The first-order valence-electron chi connectivity index (χ1n) is 4.76. The summed E-state index contributed by atoms with van der Waals surface area (Å²) in [6.45, 7) is 0. The van der Waals surface area contributed by atoms with Gasteiger partial charge in [-0.3, -0.25) is 4.55 Å². The summed E-state index contributed by atoms with van der Waals surface area (Å²) in [4.78, 5) is -0.827. The van der Waals surface area contributed by atoms with Crippen LogP contribution in [-0.2, 0) is 10.1 Å². The van der Waals surface area contributed by atoms with Crippen LogP contribution in [0.1, 0.15) is 0 Å². The molecule has 0 heterocycles. The molecule has 0 fully saturated rings. The van der Waals surface area contributed by atoms with Crippen molar-refractivity contribution < 1.29 is 18.1 Å². The van der Waals surface area contributed by atoms with Crippen LogP contribution >= 0.6 is 0 Å². The maximum atomic E-state index is 11.2. The van der Waals surface area contributed by atoms with Crippen LogP contribution in [0.4, 0.5) is 11.4 Å². The van der Waals surface area contributed by atoms with Gasteiger partial charge in [0.2, 0.25) is 0 Å². The minimum atomic E-state index is -4.71. The number of hydrogen-bond acceptors (Lipinski definition) is 6. The largest absolute Gasteiger partial charge is 0.506 e. The zero-order valence-corrected chi connectivity index (χ0v) is 9.77. The lowest BCUT2D eigenvalue weighted by Crippen LogP contribution is -2.04. The molecule has 2 rings (SSSR count). The van der Waals surface area contributed by atoms with E-state index >= 15 is 0 Å². The predicted molar refractivity (Wildman–Crippen MR) is 64.6 cm³/mol. The first-order chi connectivity index (χ1) is 8.38. The topological polar surface area (TPSA) is 137 Å². The number of rotatable bonds is 2. The smallest absolute Gasteiger partial charge is 0.300 e. The number of nitrogen functional groups attached to an aromatic ring is 1. The zero-order valence-electron chi connectivity index (χ0n) is 8.95. The fourth-order valence-corrected chi connectivity index (χ4v) is 2.51. The Morgan fingerprint density at radius 1 is 1.22 bits per heavy atom. The van der Waals surface area contributed by atoms with E-state index in [-0.39, 0.29) is 11.1 Å². The SMILES string of the molecule is N=Nc1c(N)c(S(=O)(=O)O)c(O)c2ccccc12. The van der Waals surface area contributed by atoms with Crippen LogP contribution in [0.25, 0.3) is 10.8 Å². The van der Waals surface area contributed by atoms with Crippen molar-refractivity contribution in [1.82, 2.24) is 0 Å². The molecule has 8 heteroatoms. The summed E-state index contributed by atoms with van der Waals surface area (Å²) in [7, 11) is -4.71. The fraction of sp³-hybridized carbons (Fsp3) is 0. The Morgan fingerprint density at radius 2 is 1.78 bits per heavy atom. The average Bonchev–Trinajstić information content (AvgIpc) is 2.28. The van der Waals surface area contributed by atoms with Crippen molar-refractivity contribution in [2.45, 2.75) is 4.90 Å². The molecule has 0 unspecified atom stereocenters. The monoisotopic (exact) mass is 267 g/mol. The first kappa shape index (κ1) is 12.3. The number of phenols is 1. The number of phenolic OH excluding ortho intramolecular Hbond substituents is 1. The van der Waals surface area contributed by atoms with Gasteiger partial charge in [0.05, 0.1) is 5.69 Å². The van der Waals surface area contributed by atoms with Crippen LogP contribution in [0, 0.1) is 5.53 Å². The van der Waals surface area contributed by atoms with Crippen molar-refractivity contribution in [3.8, 4) is 5.75 Å². The van der Waals surface area contributed by atoms with E-state index in [1.54, 1.807) is 12.1 Å². The van der Waals surface area contributed by atoms with E-state index in [2.05, 4.69) is 5.11 Å². The molecule has 18 heavy (non-hydrogen) atoms. The highest BCUT2D eigenvalue weighted by Gasteiger charge is 2.25. The van der Waals surface area contributed by atoms with Crippen LogP contribution in [-0.4, -0.2) is 18.1 Å². The maximum absolute atomic E-state index is 11.2. The third-order valence-electron chi connectivity index (χ3n) is 2.52. The van der Waals surface area contributed by atoms with E-state index in [0.717, 1.165) is 0 Å². The molecule has 2 aromatic rings. The Balaban J connectivity index is 3.12. The third-order valence-corrected chi connectivity index (χ3v) is 3.45. The van der Waals surface area contributed by atoms with Crippen LogP contribution in [0.5, 0.6) is 5.75 Å². The summed E-state index contributed by atoms with van der Waals surface area (Å²) in [5.41, 5.74) is 12.0. The second-order valence-electron chi connectivity index (χ2n) is 3.57. The van der Waals surface area contributed by atoms with E-state index in [1.807, 2.05) is 0 Å². The maximum Gasteiger partial charge on any atom is 0.300 e. The molecular weight excluding hydrogens is 258 g/mol. The average molecular weight is 267 g/mol. The molecule has 0 saturated heterocycles. The molecule has 5 N–H and O–H groups in total. The summed E-state index contributed by atoms with van der Waals surface area (Å²) in [6.07, 6.45) is 0. The van der Waals surface area contributed by atoms with Gasteiger partial charge < -0.3 is 10.8 Å². The van der Waals surface area contributed by atoms with Crippen molar-refractivity contribution in [2.24, 2.45) is 5.11 Å². The van der Waals surface area contributed by atoms with Gasteiger partial charge in [-0.25, -0.2) is 5.53 Å². The van der Waals surface area contributed by atoms with E-state index in [4.69, 9.17) is 15.8 Å². The van der Waals surface area contributed by atoms with Gasteiger partial charge in [-0.2, -0.15) is 13.5 Å². The molecule has 0 aliphatic rings. The molecule has 7 nitrogen and oxygen atoms in total. The minimum Gasteiger partial charge on any atom is -0.506 e. The van der Waals surface area contributed by atoms with Gasteiger partial charge in [0.25, 0.3) is 10.1 Å². The van der Waals surface area contributed by atoms with Crippen molar-refractivity contribution in [2.75, 3.05) is 5.73 Å². The summed E-state index contributed by atoms with van der Waals surface area (Å²) >= 11 is 0. The van der Waals surface area contributed by atoms with Gasteiger partial charge in [-0.1, -0.05) is 24.3 Å². The standard InChI is InChI=1S/C10H9N3O4S/c11-7-8(13-12)5-3-1-2-4-6(5)9(14)10(7)18(15,16)17/h1-4,12,14H,11H2,(H,15,16,17). The van der Waals surface area contributed by atoms with E-state index in [1.165, 1.54) is 12.1 Å². The summed E-state index contributed by atoms with van der Waals surface area (Å²) in [5, 5.41) is 13.5.